The number of rotatable bonds is 7. The monoisotopic (exact) mass is 483 g/mol. The lowest BCUT2D eigenvalue weighted by atomic mass is 9.91. The number of nitrogens with one attached hydrogen (secondary N) is 1. The molecule has 0 spiro atoms. The van der Waals surface area contributed by atoms with E-state index >= 15 is 0 Å². The molecule has 0 radical (unpaired) electrons. The second-order valence-corrected chi connectivity index (χ2v) is 9.86. The predicted molar refractivity (Wildman–Crippen MR) is 127 cm³/mol. The first-order chi connectivity index (χ1) is 16.3. The largest absolute Gasteiger partial charge is 0.391 e. The van der Waals surface area contributed by atoms with Crippen molar-refractivity contribution in [1.29, 1.82) is 0 Å². The first kappa shape index (κ1) is 24.0. The number of likely N-dealkylation sites (tertiary alicyclic amines) is 1. The molecular formula is C24H29N5O4S. The van der Waals surface area contributed by atoms with Crippen molar-refractivity contribution in [1.82, 2.24) is 25.3 Å². The van der Waals surface area contributed by atoms with Crippen molar-refractivity contribution < 1.29 is 19.2 Å². The zero-order valence-electron chi connectivity index (χ0n) is 19.6. The molecule has 0 saturated carbocycles. The molecule has 1 saturated heterocycles. The van der Waals surface area contributed by atoms with Gasteiger partial charge in [0.1, 0.15) is 17.7 Å². The number of pyridine rings is 1. The van der Waals surface area contributed by atoms with Gasteiger partial charge in [-0.05, 0) is 31.4 Å². The van der Waals surface area contributed by atoms with E-state index in [9.17, 15) is 14.7 Å². The Bertz CT molecular complexity index is 1130. The molecule has 3 aromatic rings. The maximum atomic E-state index is 13.4. The summed E-state index contributed by atoms with van der Waals surface area (Å²) in [7, 11) is 0. The van der Waals surface area contributed by atoms with Crippen LogP contribution in [0.3, 0.4) is 0 Å². The van der Waals surface area contributed by atoms with Crippen LogP contribution in [0.15, 0.2) is 40.6 Å². The molecule has 0 bridgehead atoms. The number of carbonyl (C=O) groups excluding carboxylic acids is 2. The number of nitrogens with zero attached hydrogens (tertiary/aromatic N) is 4. The van der Waals surface area contributed by atoms with Crippen molar-refractivity contribution in [2.75, 3.05) is 6.54 Å². The minimum Gasteiger partial charge on any atom is -0.391 e. The van der Waals surface area contributed by atoms with Crippen LogP contribution < -0.4 is 5.32 Å². The quantitative estimate of drug-likeness (QED) is 0.530. The molecule has 1 aliphatic rings. The highest BCUT2D eigenvalue weighted by molar-refractivity contribution is 7.13. The fourth-order valence-electron chi connectivity index (χ4n) is 4.34. The number of thiazole rings is 1. The van der Waals surface area contributed by atoms with Gasteiger partial charge in [-0.1, -0.05) is 25.1 Å². The normalized spacial score (nSPS) is 19.9. The van der Waals surface area contributed by atoms with Gasteiger partial charge >= 0.3 is 0 Å². The van der Waals surface area contributed by atoms with Crippen LogP contribution in [-0.4, -0.2) is 55.6 Å². The van der Waals surface area contributed by atoms with E-state index in [1.807, 2.05) is 39.8 Å². The Morgan fingerprint density at radius 1 is 1.24 bits per heavy atom. The number of aliphatic hydroxyl groups is 1. The molecular weight excluding hydrogens is 454 g/mol. The lowest BCUT2D eigenvalue weighted by Crippen LogP contribution is -2.48. The molecule has 4 rings (SSSR count). The van der Waals surface area contributed by atoms with Gasteiger partial charge in [0.05, 0.1) is 40.1 Å². The van der Waals surface area contributed by atoms with Crippen LogP contribution in [-0.2, 0) is 9.59 Å². The van der Waals surface area contributed by atoms with Crippen LogP contribution in [0.5, 0.6) is 0 Å². The molecule has 180 valence electrons. The summed E-state index contributed by atoms with van der Waals surface area (Å²) in [6.07, 6.45) is 2.66. The maximum absolute atomic E-state index is 13.4. The number of aliphatic hydroxyl groups excluding tert-OH is 1. The van der Waals surface area contributed by atoms with Gasteiger partial charge in [-0.15, -0.1) is 11.3 Å². The molecule has 2 N–H and O–H groups in total. The molecule has 1 fully saturated rings. The highest BCUT2D eigenvalue weighted by atomic mass is 32.1. The molecule has 3 aromatic heterocycles. The van der Waals surface area contributed by atoms with E-state index in [2.05, 4.69) is 20.4 Å². The predicted octanol–water partition coefficient (Wildman–Crippen LogP) is 3.08. The fourth-order valence-corrected chi connectivity index (χ4v) is 5.12. The second kappa shape index (κ2) is 10.0. The van der Waals surface area contributed by atoms with Crippen molar-refractivity contribution in [3.8, 4) is 10.6 Å². The summed E-state index contributed by atoms with van der Waals surface area (Å²) >= 11 is 1.54. The lowest BCUT2D eigenvalue weighted by molar-refractivity contribution is -0.141. The minimum atomic E-state index is -0.763. The van der Waals surface area contributed by atoms with Crippen LogP contribution >= 0.6 is 11.3 Å². The molecule has 34 heavy (non-hydrogen) atoms. The van der Waals surface area contributed by atoms with Crippen LogP contribution in [0.25, 0.3) is 10.6 Å². The molecule has 0 aliphatic carbocycles. The third-order valence-corrected chi connectivity index (χ3v) is 7.14. The van der Waals surface area contributed by atoms with Gasteiger partial charge in [-0.2, -0.15) is 0 Å². The molecule has 10 heteroatoms. The maximum Gasteiger partial charge on any atom is 0.243 e. The van der Waals surface area contributed by atoms with Gasteiger partial charge in [0.25, 0.3) is 0 Å². The summed E-state index contributed by atoms with van der Waals surface area (Å²) in [5.74, 6) is -0.738. The number of aromatic nitrogens is 3. The van der Waals surface area contributed by atoms with Gasteiger partial charge in [0, 0.05) is 25.2 Å². The molecule has 1 aliphatic heterocycles. The summed E-state index contributed by atoms with van der Waals surface area (Å²) < 4.78 is 5.26. The summed E-state index contributed by atoms with van der Waals surface area (Å²) in [6, 6.07) is 4.43. The molecule has 4 atom stereocenters. The molecule has 4 heterocycles. The van der Waals surface area contributed by atoms with Crippen molar-refractivity contribution in [2.24, 2.45) is 5.92 Å². The minimum absolute atomic E-state index is 0.0624. The number of amides is 2. The van der Waals surface area contributed by atoms with Gasteiger partial charge < -0.3 is 19.8 Å². The topological polar surface area (TPSA) is 121 Å². The molecule has 9 nitrogen and oxygen atoms in total. The van der Waals surface area contributed by atoms with Crippen molar-refractivity contribution >= 4 is 23.2 Å². The Hall–Kier alpha value is -3.11. The number of hydrogen-bond acceptors (Lipinski definition) is 8. The van der Waals surface area contributed by atoms with E-state index in [1.165, 1.54) is 22.4 Å². The smallest absolute Gasteiger partial charge is 0.243 e. The first-order valence-corrected chi connectivity index (χ1v) is 12.2. The van der Waals surface area contributed by atoms with Crippen molar-refractivity contribution in [3.05, 3.63) is 53.1 Å². The average Bonchev–Trinajstić information content (AvgIpc) is 3.55. The van der Waals surface area contributed by atoms with Crippen LogP contribution in [0, 0.1) is 12.8 Å². The van der Waals surface area contributed by atoms with Gasteiger partial charge in [-0.25, -0.2) is 4.98 Å². The number of carbonyl (C=O) groups is 2. The van der Waals surface area contributed by atoms with Crippen molar-refractivity contribution in [2.45, 2.75) is 58.2 Å². The highest BCUT2D eigenvalue weighted by Crippen LogP contribution is 2.31. The molecule has 2 amide bonds. The highest BCUT2D eigenvalue weighted by Gasteiger charge is 2.43. The van der Waals surface area contributed by atoms with Gasteiger partial charge in [0.2, 0.25) is 11.8 Å². The standard InChI is InChI=1S/C24H29N5O4S/c1-13(2)21(20-7-8-27-33-20)24(32)29-11-17(30)9-19(29)23(31)28-14(3)16-5-6-18(25-10-16)22-15(4)26-12-34-22/h5-8,10,12-14,17,19,21,30H,9,11H2,1-4H3,(H,28,31)/t14-,17+,19-,21-/m0/s1. The lowest BCUT2D eigenvalue weighted by Gasteiger charge is -2.29. The first-order valence-electron chi connectivity index (χ1n) is 11.3. The summed E-state index contributed by atoms with van der Waals surface area (Å²) in [5, 5.41) is 17.0. The second-order valence-electron chi connectivity index (χ2n) is 9.01. The zero-order chi connectivity index (χ0) is 24.4. The van der Waals surface area contributed by atoms with Crippen molar-refractivity contribution in [3.63, 3.8) is 0 Å². The van der Waals surface area contributed by atoms with Gasteiger partial charge in [0.15, 0.2) is 0 Å². The third-order valence-electron chi connectivity index (χ3n) is 6.19. The Balaban J connectivity index is 1.47. The summed E-state index contributed by atoms with van der Waals surface area (Å²) in [5.41, 5.74) is 4.40. The molecule has 0 unspecified atom stereocenters. The van der Waals surface area contributed by atoms with E-state index in [1.54, 1.807) is 17.8 Å². The summed E-state index contributed by atoms with van der Waals surface area (Å²) in [6.45, 7) is 7.75. The third kappa shape index (κ3) is 4.88. The Morgan fingerprint density at radius 3 is 2.62 bits per heavy atom. The van der Waals surface area contributed by atoms with E-state index in [4.69, 9.17) is 4.52 Å². The Morgan fingerprint density at radius 2 is 2.03 bits per heavy atom. The number of aryl methyl sites for hydroxylation is 1. The van der Waals surface area contributed by atoms with Crippen LogP contribution in [0.4, 0.5) is 0 Å². The van der Waals surface area contributed by atoms with Crippen LogP contribution in [0.1, 0.15) is 56.2 Å². The Labute approximate surface area is 202 Å². The van der Waals surface area contributed by atoms with E-state index in [0.29, 0.717) is 5.76 Å². The fraction of sp³-hybridized carbons (Fsp3) is 0.458. The van der Waals surface area contributed by atoms with E-state index in [0.717, 1.165) is 21.8 Å². The zero-order valence-corrected chi connectivity index (χ0v) is 20.5. The van der Waals surface area contributed by atoms with Crippen LogP contribution in [0.2, 0.25) is 0 Å². The SMILES string of the molecule is Cc1ncsc1-c1ccc([C@H](C)NC(=O)[C@@H]2C[C@@H](O)CN2C(=O)[C@H](c2ccno2)C(C)C)cn1. The van der Waals surface area contributed by atoms with Gasteiger partial charge in [-0.3, -0.25) is 14.6 Å². The number of β-amino-alcohol motifs (C(OH)–C–C–N with tert-alkyl or cyclic N) is 1. The Kier molecular flexibility index (Phi) is 7.08. The average molecular weight is 484 g/mol. The van der Waals surface area contributed by atoms with E-state index in [-0.39, 0.29) is 36.7 Å². The number of hydrogen-bond donors (Lipinski definition) is 2. The molecule has 0 aromatic carbocycles. The van der Waals surface area contributed by atoms with E-state index < -0.39 is 18.1 Å². The summed E-state index contributed by atoms with van der Waals surface area (Å²) in [4.78, 5) is 37.9.